The second-order valence-electron chi connectivity index (χ2n) is 4.44. The van der Waals surface area contributed by atoms with E-state index in [4.69, 9.17) is 4.74 Å². The van der Waals surface area contributed by atoms with Crippen molar-refractivity contribution in [2.75, 3.05) is 20.7 Å². The highest BCUT2D eigenvalue weighted by molar-refractivity contribution is 5.44. The summed E-state index contributed by atoms with van der Waals surface area (Å²) in [4.78, 5) is 0. The minimum Gasteiger partial charge on any atom is -0.497 e. The van der Waals surface area contributed by atoms with E-state index in [1.165, 1.54) is 0 Å². The molecule has 1 rings (SSSR count). The number of aliphatic hydroxyl groups is 1. The van der Waals surface area contributed by atoms with Crippen LogP contribution in [0.5, 0.6) is 5.75 Å². The van der Waals surface area contributed by atoms with Gasteiger partial charge >= 0.3 is 0 Å². The Morgan fingerprint density at radius 3 is 2.19 bits per heavy atom. The van der Waals surface area contributed by atoms with Crippen molar-refractivity contribution < 1.29 is 9.84 Å². The van der Waals surface area contributed by atoms with E-state index in [0.717, 1.165) is 22.4 Å². The van der Waals surface area contributed by atoms with Gasteiger partial charge in [-0.3, -0.25) is 0 Å². The highest BCUT2D eigenvalue weighted by atomic mass is 16.5. The molecule has 3 heteroatoms. The van der Waals surface area contributed by atoms with Crippen LogP contribution in [-0.4, -0.2) is 25.8 Å². The molecule has 0 spiro atoms. The molecule has 2 N–H and O–H groups in total. The van der Waals surface area contributed by atoms with E-state index in [1.54, 1.807) is 7.11 Å². The van der Waals surface area contributed by atoms with Gasteiger partial charge in [0, 0.05) is 6.54 Å². The van der Waals surface area contributed by atoms with Crippen LogP contribution in [0.15, 0.2) is 12.1 Å². The molecule has 0 amide bonds. The van der Waals surface area contributed by atoms with Crippen LogP contribution in [0.25, 0.3) is 0 Å². The Hall–Kier alpha value is -1.06. The zero-order chi connectivity index (χ0) is 12.3. The first kappa shape index (κ1) is 13.0. The third kappa shape index (κ3) is 2.54. The minimum atomic E-state index is -0.852. The molecule has 1 unspecified atom stereocenters. The Balaban J connectivity index is 3.23. The summed E-state index contributed by atoms with van der Waals surface area (Å²) in [6.45, 7) is 6.34. The summed E-state index contributed by atoms with van der Waals surface area (Å²) in [7, 11) is 3.49. The fourth-order valence-corrected chi connectivity index (χ4v) is 2.32. The van der Waals surface area contributed by atoms with E-state index < -0.39 is 5.60 Å². The van der Waals surface area contributed by atoms with Gasteiger partial charge in [-0.1, -0.05) is 0 Å². The molecule has 0 aliphatic rings. The Kier molecular flexibility index (Phi) is 3.94. The number of ether oxygens (including phenoxy) is 1. The molecule has 0 aromatic heterocycles. The lowest BCUT2D eigenvalue weighted by Gasteiger charge is -2.27. The first-order valence-corrected chi connectivity index (χ1v) is 5.45. The number of hydrogen-bond acceptors (Lipinski definition) is 3. The maximum absolute atomic E-state index is 10.4. The van der Waals surface area contributed by atoms with Crippen LogP contribution in [0.1, 0.15) is 23.6 Å². The van der Waals surface area contributed by atoms with Crippen molar-refractivity contribution in [1.29, 1.82) is 0 Å². The summed E-state index contributed by atoms with van der Waals surface area (Å²) in [5, 5.41) is 13.4. The smallest absolute Gasteiger partial charge is 0.119 e. The van der Waals surface area contributed by atoms with Gasteiger partial charge in [0.05, 0.1) is 12.7 Å². The molecule has 0 saturated carbocycles. The van der Waals surface area contributed by atoms with Gasteiger partial charge in [0.25, 0.3) is 0 Å². The second-order valence-corrected chi connectivity index (χ2v) is 4.44. The quantitative estimate of drug-likeness (QED) is 0.817. The van der Waals surface area contributed by atoms with Crippen molar-refractivity contribution in [3.05, 3.63) is 28.8 Å². The predicted octanol–water partition coefficient (Wildman–Crippen LogP) is 1.74. The molecule has 0 aliphatic carbocycles. The summed E-state index contributed by atoms with van der Waals surface area (Å²) in [5.41, 5.74) is 2.23. The highest BCUT2D eigenvalue weighted by Gasteiger charge is 2.26. The maximum atomic E-state index is 10.4. The van der Waals surface area contributed by atoms with E-state index in [-0.39, 0.29) is 0 Å². The number of likely N-dealkylation sites (N-methyl/N-ethyl adjacent to an activating group) is 1. The third-order valence-electron chi connectivity index (χ3n) is 2.80. The van der Waals surface area contributed by atoms with Crippen LogP contribution in [0.3, 0.4) is 0 Å². The largest absolute Gasteiger partial charge is 0.497 e. The van der Waals surface area contributed by atoms with Crippen LogP contribution in [0.2, 0.25) is 0 Å². The highest BCUT2D eigenvalue weighted by Crippen LogP contribution is 2.30. The monoisotopic (exact) mass is 223 g/mol. The fourth-order valence-electron chi connectivity index (χ4n) is 2.32. The van der Waals surface area contributed by atoms with Gasteiger partial charge in [-0.2, -0.15) is 0 Å². The van der Waals surface area contributed by atoms with E-state index in [1.807, 2.05) is 40.0 Å². The summed E-state index contributed by atoms with van der Waals surface area (Å²) >= 11 is 0. The number of methoxy groups -OCH3 is 1. The van der Waals surface area contributed by atoms with Crippen molar-refractivity contribution in [1.82, 2.24) is 5.32 Å². The van der Waals surface area contributed by atoms with E-state index in [0.29, 0.717) is 6.54 Å². The predicted molar refractivity (Wildman–Crippen MR) is 66.0 cm³/mol. The average molecular weight is 223 g/mol. The Labute approximate surface area is 97.4 Å². The van der Waals surface area contributed by atoms with Gasteiger partial charge in [-0.15, -0.1) is 0 Å². The first-order chi connectivity index (χ1) is 7.42. The molecule has 0 heterocycles. The minimum absolute atomic E-state index is 0.529. The molecule has 0 fully saturated rings. The van der Waals surface area contributed by atoms with Gasteiger partial charge < -0.3 is 15.2 Å². The number of nitrogens with one attached hydrogen (secondary N) is 1. The lowest BCUT2D eigenvalue weighted by atomic mass is 9.88. The Morgan fingerprint density at radius 1 is 1.31 bits per heavy atom. The SMILES string of the molecule is CNCC(C)(O)c1c(C)cc(OC)cc1C. The molecule has 0 aliphatic heterocycles. The molecule has 1 aromatic rings. The topological polar surface area (TPSA) is 41.5 Å². The lowest BCUT2D eigenvalue weighted by Crippen LogP contribution is -2.34. The zero-order valence-electron chi connectivity index (χ0n) is 10.7. The van der Waals surface area contributed by atoms with Crippen LogP contribution in [-0.2, 0) is 5.60 Å². The molecule has 0 saturated heterocycles. The Bertz CT molecular complexity index is 349. The van der Waals surface area contributed by atoms with Crippen molar-refractivity contribution in [3.63, 3.8) is 0 Å². The molecule has 3 nitrogen and oxygen atoms in total. The first-order valence-electron chi connectivity index (χ1n) is 5.45. The molecular formula is C13H21NO2. The van der Waals surface area contributed by atoms with Crippen molar-refractivity contribution in [2.24, 2.45) is 0 Å². The number of benzene rings is 1. The van der Waals surface area contributed by atoms with Gasteiger partial charge in [0.2, 0.25) is 0 Å². The van der Waals surface area contributed by atoms with Crippen LogP contribution in [0.4, 0.5) is 0 Å². The molecule has 0 radical (unpaired) electrons. The fraction of sp³-hybridized carbons (Fsp3) is 0.538. The number of hydrogen-bond donors (Lipinski definition) is 2. The third-order valence-corrected chi connectivity index (χ3v) is 2.80. The molecule has 1 atom stereocenters. The molecule has 90 valence electrons. The van der Waals surface area contributed by atoms with Crippen LogP contribution < -0.4 is 10.1 Å². The van der Waals surface area contributed by atoms with Crippen molar-refractivity contribution >= 4 is 0 Å². The standard InChI is InChI=1S/C13H21NO2/c1-9-6-11(16-5)7-10(2)12(9)13(3,15)8-14-4/h6-7,14-15H,8H2,1-5H3. The van der Waals surface area contributed by atoms with Crippen molar-refractivity contribution in [3.8, 4) is 5.75 Å². The van der Waals surface area contributed by atoms with E-state index in [9.17, 15) is 5.11 Å². The maximum Gasteiger partial charge on any atom is 0.119 e. The van der Waals surface area contributed by atoms with E-state index >= 15 is 0 Å². The molecule has 0 bridgehead atoms. The van der Waals surface area contributed by atoms with Gasteiger partial charge in [-0.25, -0.2) is 0 Å². The summed E-state index contributed by atoms with van der Waals surface area (Å²) in [6, 6.07) is 3.90. The average Bonchev–Trinajstić information content (AvgIpc) is 2.15. The second kappa shape index (κ2) is 4.85. The van der Waals surface area contributed by atoms with Crippen molar-refractivity contribution in [2.45, 2.75) is 26.4 Å². The number of aryl methyl sites for hydroxylation is 2. The van der Waals surface area contributed by atoms with Gasteiger partial charge in [-0.05, 0) is 56.6 Å². The van der Waals surface area contributed by atoms with Crippen LogP contribution >= 0.6 is 0 Å². The zero-order valence-corrected chi connectivity index (χ0v) is 10.7. The molecular weight excluding hydrogens is 202 g/mol. The normalized spacial score (nSPS) is 14.6. The summed E-state index contributed by atoms with van der Waals surface area (Å²) in [6.07, 6.45) is 0. The van der Waals surface area contributed by atoms with Gasteiger partial charge in [0.1, 0.15) is 5.75 Å². The molecule has 1 aromatic carbocycles. The Morgan fingerprint density at radius 2 is 1.81 bits per heavy atom. The summed E-state index contributed by atoms with van der Waals surface area (Å²) in [5.74, 6) is 0.832. The molecule has 16 heavy (non-hydrogen) atoms. The van der Waals surface area contributed by atoms with E-state index in [2.05, 4.69) is 5.32 Å². The number of rotatable bonds is 4. The summed E-state index contributed by atoms with van der Waals surface area (Å²) < 4.78 is 5.21. The lowest BCUT2D eigenvalue weighted by molar-refractivity contribution is 0.0578. The van der Waals surface area contributed by atoms with Crippen LogP contribution in [0, 0.1) is 13.8 Å². The van der Waals surface area contributed by atoms with Gasteiger partial charge in [0.15, 0.2) is 0 Å².